The molecule has 0 unspecified atom stereocenters. The summed E-state index contributed by atoms with van der Waals surface area (Å²) in [5, 5.41) is 14.8. The Bertz CT molecular complexity index is 1380. The minimum absolute atomic E-state index is 0.227. The molecule has 40 heavy (non-hydrogen) atoms. The molecule has 2 heterocycles. The number of aryl methyl sites for hydroxylation is 1. The second kappa shape index (κ2) is 12.0. The molecule has 0 spiro atoms. The number of piperidine rings is 1. The molecular formula is C31H34F3N3O3. The Kier molecular flexibility index (Phi) is 8.40. The molecule has 2 aromatic carbocycles. The number of fused-ring (bicyclic) bond motifs is 1. The summed E-state index contributed by atoms with van der Waals surface area (Å²) in [6.07, 6.45) is 3.75. The summed E-state index contributed by atoms with van der Waals surface area (Å²) in [4.78, 5) is 18.7. The summed E-state index contributed by atoms with van der Waals surface area (Å²) in [6, 6.07) is 10.2. The van der Waals surface area contributed by atoms with E-state index in [-0.39, 0.29) is 17.4 Å². The number of rotatable bonds is 9. The van der Waals surface area contributed by atoms with Gasteiger partial charge in [0.1, 0.15) is 0 Å². The van der Waals surface area contributed by atoms with Crippen molar-refractivity contribution in [2.45, 2.75) is 45.3 Å². The third-order valence-electron chi connectivity index (χ3n) is 7.89. The topological polar surface area (TPSA) is 68.8 Å². The third kappa shape index (κ3) is 6.81. The highest BCUT2D eigenvalue weighted by Gasteiger charge is 2.31. The Morgan fingerprint density at radius 2 is 1.77 bits per heavy atom. The second-order valence-electron chi connectivity index (χ2n) is 10.9. The lowest BCUT2D eigenvalue weighted by Crippen LogP contribution is -2.44. The van der Waals surface area contributed by atoms with E-state index in [1.54, 1.807) is 4.90 Å². The van der Waals surface area contributed by atoms with Crippen LogP contribution in [0, 0.1) is 18.8 Å². The van der Waals surface area contributed by atoms with Crippen molar-refractivity contribution in [3.63, 3.8) is 0 Å². The van der Waals surface area contributed by atoms with Crippen molar-refractivity contribution in [2.75, 3.05) is 32.8 Å². The summed E-state index contributed by atoms with van der Waals surface area (Å²) < 4.78 is 46.2. The highest BCUT2D eigenvalue weighted by atomic mass is 19.4. The predicted octanol–water partition coefficient (Wildman–Crippen LogP) is 4.54. The molecule has 1 aromatic heterocycles. The zero-order chi connectivity index (χ0) is 28.3. The molecule has 212 valence electrons. The van der Waals surface area contributed by atoms with Crippen LogP contribution in [0.1, 0.15) is 52.7 Å². The number of halogens is 3. The molecule has 2 fully saturated rings. The monoisotopic (exact) mass is 553 g/mol. The number of alkyl halides is 3. The molecule has 5 rings (SSSR count). The summed E-state index contributed by atoms with van der Waals surface area (Å²) in [6.45, 7) is 5.42. The van der Waals surface area contributed by atoms with E-state index in [4.69, 9.17) is 4.74 Å². The first-order valence-corrected chi connectivity index (χ1v) is 13.9. The van der Waals surface area contributed by atoms with E-state index in [2.05, 4.69) is 15.8 Å². The van der Waals surface area contributed by atoms with E-state index < -0.39 is 11.7 Å². The first kappa shape index (κ1) is 28.1. The molecule has 1 saturated heterocycles. The van der Waals surface area contributed by atoms with E-state index in [1.807, 2.05) is 31.3 Å². The molecule has 1 saturated carbocycles. The van der Waals surface area contributed by atoms with Crippen LogP contribution in [0.3, 0.4) is 0 Å². The van der Waals surface area contributed by atoms with Gasteiger partial charge in [-0.1, -0.05) is 12.1 Å². The lowest BCUT2D eigenvalue weighted by atomic mass is 9.95. The van der Waals surface area contributed by atoms with Crippen LogP contribution in [0.15, 0.2) is 59.9 Å². The van der Waals surface area contributed by atoms with Gasteiger partial charge < -0.3 is 14.7 Å². The fourth-order valence-electron chi connectivity index (χ4n) is 5.23. The number of likely N-dealkylation sites (tertiary alicyclic amines) is 1. The fraction of sp³-hybridized carbons (Fsp3) is 0.452. The predicted molar refractivity (Wildman–Crippen MR) is 144 cm³/mol. The van der Waals surface area contributed by atoms with Crippen LogP contribution in [0.2, 0.25) is 0 Å². The summed E-state index contributed by atoms with van der Waals surface area (Å²) >= 11 is 0. The molecule has 0 N–H and O–H groups in total. The average molecular weight is 554 g/mol. The smallest absolute Gasteiger partial charge is 0.416 e. The largest absolute Gasteiger partial charge is 0.858 e. The summed E-state index contributed by atoms with van der Waals surface area (Å²) in [5.74, 6) is 0.580. The fourth-order valence-corrected chi connectivity index (χ4v) is 5.23. The van der Waals surface area contributed by atoms with Gasteiger partial charge in [-0.2, -0.15) is 13.2 Å². The van der Waals surface area contributed by atoms with Crippen LogP contribution < -0.4 is 9.67 Å². The maximum Gasteiger partial charge on any atom is 0.416 e. The Labute approximate surface area is 232 Å². The maximum absolute atomic E-state index is 12.8. The number of carbonyl (C=O) groups is 1. The van der Waals surface area contributed by atoms with Gasteiger partial charge in [0.2, 0.25) is 0 Å². The molecule has 0 bridgehead atoms. The van der Waals surface area contributed by atoms with E-state index >= 15 is 0 Å². The van der Waals surface area contributed by atoms with Gasteiger partial charge in [0.25, 0.3) is 5.91 Å². The molecule has 3 aromatic rings. The zero-order valence-electron chi connectivity index (χ0n) is 22.6. The minimum atomic E-state index is -4.42. The summed E-state index contributed by atoms with van der Waals surface area (Å²) in [7, 11) is 0. The van der Waals surface area contributed by atoms with Gasteiger partial charge in [-0.25, -0.2) is 4.57 Å². The Balaban J connectivity index is 1.18. The van der Waals surface area contributed by atoms with Gasteiger partial charge in [-0.05, 0) is 85.2 Å². The zero-order valence-corrected chi connectivity index (χ0v) is 22.6. The second-order valence-corrected chi connectivity index (χ2v) is 10.9. The summed E-state index contributed by atoms with van der Waals surface area (Å²) in [5.41, 5.74) is 1.01. The highest BCUT2D eigenvalue weighted by molar-refractivity contribution is 5.98. The number of nitrogens with zero attached hydrogens (tertiary/aromatic N) is 3. The number of pyridine rings is 1. The normalized spacial score (nSPS) is 17.0. The van der Waals surface area contributed by atoms with E-state index in [9.17, 15) is 23.1 Å². The number of hydrogen-bond donors (Lipinski definition) is 0. The van der Waals surface area contributed by atoms with Crippen LogP contribution in [0.5, 0.6) is 0 Å². The van der Waals surface area contributed by atoms with Crippen molar-refractivity contribution in [3.8, 4) is 0 Å². The van der Waals surface area contributed by atoms with Crippen molar-refractivity contribution in [3.05, 3.63) is 77.1 Å². The molecule has 1 amide bonds. The van der Waals surface area contributed by atoms with Gasteiger partial charge in [-0.3, -0.25) is 9.79 Å². The Hall–Kier alpha value is -3.46. The molecule has 1 aliphatic carbocycles. The maximum atomic E-state index is 12.8. The van der Waals surface area contributed by atoms with Crippen molar-refractivity contribution >= 4 is 22.6 Å². The SMILES string of the molecule is Cc1c(C([O-])=NCCOCC2CC2)ccc2cc[n+](CC3CCN(C(=O)c4ccc(C(F)(F)F)cc4)CC3)cc12. The lowest BCUT2D eigenvalue weighted by molar-refractivity contribution is -0.702. The number of carbonyl (C=O) groups excluding carboxylic acids is 1. The average Bonchev–Trinajstić information content (AvgIpc) is 3.77. The number of benzene rings is 2. The van der Waals surface area contributed by atoms with Crippen LogP contribution >= 0.6 is 0 Å². The first-order valence-electron chi connectivity index (χ1n) is 13.9. The molecular weight excluding hydrogens is 519 g/mol. The van der Waals surface area contributed by atoms with Gasteiger partial charge in [0.05, 0.1) is 18.7 Å². The quantitative estimate of drug-likeness (QED) is 0.169. The van der Waals surface area contributed by atoms with E-state index in [0.29, 0.717) is 43.6 Å². The minimum Gasteiger partial charge on any atom is -0.858 e. The number of aliphatic imine (C=N–C) groups is 1. The number of hydrogen-bond acceptors (Lipinski definition) is 4. The van der Waals surface area contributed by atoms with Crippen LogP contribution in [-0.2, 0) is 17.5 Å². The standard InChI is InChI=1S/C31H34F3N3O3/c1-21-27(29(38)35-13-17-40-20-23-2-3-23)9-6-24-12-14-36(19-28(21)24)18-22-10-15-37(16-11-22)30(39)25-4-7-26(8-5-25)31(32,33)34/h4-9,12,14,19,22-23H,2-3,10-11,13,15-18,20H2,1H3. The number of aromatic nitrogens is 1. The van der Waals surface area contributed by atoms with Crippen molar-refractivity contribution in [1.82, 2.24) is 4.90 Å². The number of amides is 1. The molecule has 9 heteroatoms. The van der Waals surface area contributed by atoms with Crippen LogP contribution in [0.4, 0.5) is 13.2 Å². The third-order valence-corrected chi connectivity index (χ3v) is 7.89. The molecule has 0 radical (unpaired) electrons. The van der Waals surface area contributed by atoms with E-state index in [0.717, 1.165) is 54.5 Å². The molecule has 2 aliphatic rings. The van der Waals surface area contributed by atoms with Gasteiger partial charge in [0, 0.05) is 42.6 Å². The van der Waals surface area contributed by atoms with Crippen molar-refractivity contribution in [2.24, 2.45) is 16.8 Å². The van der Waals surface area contributed by atoms with Crippen molar-refractivity contribution in [1.29, 1.82) is 0 Å². The lowest BCUT2D eigenvalue weighted by Gasteiger charge is -2.31. The molecule has 0 atom stereocenters. The number of ether oxygens (including phenoxy) is 1. The highest BCUT2D eigenvalue weighted by Crippen LogP contribution is 2.30. The molecule has 6 nitrogen and oxygen atoms in total. The van der Waals surface area contributed by atoms with Crippen LogP contribution in [-0.4, -0.2) is 49.6 Å². The first-order chi connectivity index (χ1) is 19.2. The van der Waals surface area contributed by atoms with Gasteiger partial charge in [-0.15, -0.1) is 0 Å². The van der Waals surface area contributed by atoms with Crippen molar-refractivity contribution < 1.29 is 32.4 Å². The Morgan fingerprint density at radius 3 is 2.45 bits per heavy atom. The van der Waals surface area contributed by atoms with Crippen LogP contribution in [0.25, 0.3) is 10.8 Å². The Morgan fingerprint density at radius 1 is 1.05 bits per heavy atom. The molecule has 1 aliphatic heterocycles. The van der Waals surface area contributed by atoms with E-state index in [1.165, 1.54) is 25.0 Å². The van der Waals surface area contributed by atoms with Gasteiger partial charge >= 0.3 is 6.18 Å². The van der Waals surface area contributed by atoms with Gasteiger partial charge in [0.15, 0.2) is 18.9 Å².